The Morgan fingerprint density at radius 3 is 2.40 bits per heavy atom. The van der Waals surface area contributed by atoms with Crippen LogP contribution in [0.4, 0.5) is 0 Å². The van der Waals surface area contributed by atoms with Crippen LogP contribution >= 0.6 is 15.9 Å². The Hall–Kier alpha value is -2.93. The molecule has 0 aliphatic rings. The summed E-state index contributed by atoms with van der Waals surface area (Å²) >= 11 is 3.36. The Balaban J connectivity index is 2.11. The van der Waals surface area contributed by atoms with E-state index in [0.29, 0.717) is 17.7 Å². The van der Waals surface area contributed by atoms with Crippen molar-refractivity contribution in [1.82, 2.24) is 0 Å². The van der Waals surface area contributed by atoms with Crippen LogP contribution in [0.1, 0.15) is 31.4 Å². The van der Waals surface area contributed by atoms with Gasteiger partial charge in [-0.25, -0.2) is 9.59 Å². The summed E-state index contributed by atoms with van der Waals surface area (Å²) < 4.78 is 11.6. The van der Waals surface area contributed by atoms with Crippen LogP contribution < -0.4 is 9.47 Å². The molecule has 0 radical (unpaired) electrons. The average Bonchev–Trinajstić information content (AvgIpc) is 2.73. The lowest BCUT2D eigenvalue weighted by Gasteiger charge is -2.14. The van der Waals surface area contributed by atoms with Crippen molar-refractivity contribution in [2.24, 2.45) is 10.9 Å². The van der Waals surface area contributed by atoms with E-state index in [-0.39, 0.29) is 11.7 Å². The van der Waals surface area contributed by atoms with Crippen molar-refractivity contribution in [2.45, 2.75) is 26.3 Å². The summed E-state index contributed by atoms with van der Waals surface area (Å²) in [5.41, 5.74) is 1.51. The lowest BCUT2D eigenvalue weighted by atomic mass is 10.00. The van der Waals surface area contributed by atoms with Crippen molar-refractivity contribution in [3.8, 4) is 11.5 Å². The number of hydrogen-bond acceptors (Lipinski definition) is 5. The highest BCUT2D eigenvalue weighted by Gasteiger charge is 2.21. The molecular formula is C23H24BrNO5. The summed E-state index contributed by atoms with van der Waals surface area (Å²) in [4.78, 5) is 27.7. The van der Waals surface area contributed by atoms with Gasteiger partial charge in [0.1, 0.15) is 6.04 Å². The third kappa shape index (κ3) is 6.84. The van der Waals surface area contributed by atoms with Crippen molar-refractivity contribution >= 4 is 40.2 Å². The quantitative estimate of drug-likeness (QED) is 0.240. The van der Waals surface area contributed by atoms with E-state index in [9.17, 15) is 14.7 Å². The second kappa shape index (κ2) is 11.3. The molecule has 30 heavy (non-hydrogen) atoms. The van der Waals surface area contributed by atoms with E-state index in [2.05, 4.69) is 20.9 Å². The van der Waals surface area contributed by atoms with Crippen molar-refractivity contribution in [2.75, 3.05) is 7.11 Å². The molecule has 0 aliphatic carbocycles. The molecule has 7 heteroatoms. The zero-order valence-electron chi connectivity index (χ0n) is 17.0. The molecule has 6 nitrogen and oxygen atoms in total. The Labute approximate surface area is 184 Å². The van der Waals surface area contributed by atoms with Gasteiger partial charge in [0.25, 0.3) is 0 Å². The summed E-state index contributed by atoms with van der Waals surface area (Å²) in [6.07, 6.45) is 5.19. The molecule has 0 bridgehead atoms. The van der Waals surface area contributed by atoms with Crippen LogP contribution in [0, 0.1) is 5.92 Å². The maximum Gasteiger partial charge on any atom is 0.336 e. The van der Waals surface area contributed by atoms with Crippen molar-refractivity contribution in [3.63, 3.8) is 0 Å². The molecule has 2 unspecified atom stereocenters. The topological polar surface area (TPSA) is 85.2 Å². The number of rotatable bonds is 9. The number of halogens is 1. The van der Waals surface area contributed by atoms with Crippen LogP contribution in [-0.2, 0) is 9.59 Å². The van der Waals surface area contributed by atoms with Crippen LogP contribution in [0.2, 0.25) is 0 Å². The van der Waals surface area contributed by atoms with Gasteiger partial charge >= 0.3 is 11.9 Å². The van der Waals surface area contributed by atoms with Gasteiger partial charge in [-0.15, -0.1) is 0 Å². The predicted octanol–water partition coefficient (Wildman–Crippen LogP) is 4.99. The van der Waals surface area contributed by atoms with Gasteiger partial charge in [-0.2, -0.15) is 0 Å². The molecule has 0 fully saturated rings. The molecule has 0 amide bonds. The largest absolute Gasteiger partial charge is 0.493 e. The highest BCUT2D eigenvalue weighted by Crippen LogP contribution is 2.28. The number of hydrogen-bond donors (Lipinski definition) is 1. The van der Waals surface area contributed by atoms with E-state index in [1.54, 1.807) is 24.3 Å². The molecule has 0 aliphatic heterocycles. The number of carbonyl (C=O) groups is 2. The monoisotopic (exact) mass is 473 g/mol. The highest BCUT2D eigenvalue weighted by atomic mass is 79.9. The van der Waals surface area contributed by atoms with Crippen LogP contribution in [-0.4, -0.2) is 36.4 Å². The van der Waals surface area contributed by atoms with Gasteiger partial charge < -0.3 is 14.6 Å². The lowest BCUT2D eigenvalue weighted by molar-refractivity contribution is -0.139. The Morgan fingerprint density at radius 1 is 1.13 bits per heavy atom. The Morgan fingerprint density at radius 2 is 1.80 bits per heavy atom. The number of methoxy groups -OCH3 is 1. The number of carbonyl (C=O) groups excluding carboxylic acids is 1. The van der Waals surface area contributed by atoms with E-state index in [4.69, 9.17) is 9.47 Å². The average molecular weight is 474 g/mol. The number of esters is 1. The molecule has 2 aromatic carbocycles. The molecule has 0 heterocycles. The van der Waals surface area contributed by atoms with E-state index in [1.807, 2.05) is 38.1 Å². The van der Waals surface area contributed by atoms with Crippen molar-refractivity contribution in [3.05, 3.63) is 64.1 Å². The van der Waals surface area contributed by atoms with Gasteiger partial charge in [-0.3, -0.25) is 4.99 Å². The van der Waals surface area contributed by atoms with E-state index in [1.165, 1.54) is 19.4 Å². The van der Waals surface area contributed by atoms with E-state index in [0.717, 1.165) is 10.0 Å². The van der Waals surface area contributed by atoms with Crippen molar-refractivity contribution in [1.29, 1.82) is 0 Å². The van der Waals surface area contributed by atoms with Crippen LogP contribution in [0.15, 0.2) is 58.0 Å². The van der Waals surface area contributed by atoms with Crippen LogP contribution in [0.25, 0.3) is 6.08 Å². The summed E-state index contributed by atoms with van der Waals surface area (Å²) in [6.45, 7) is 3.77. The molecule has 2 atom stereocenters. The third-order valence-corrected chi connectivity index (χ3v) is 5.03. The first-order valence-electron chi connectivity index (χ1n) is 9.43. The molecule has 0 saturated carbocycles. The number of aliphatic imine (C=N–C) groups is 1. The number of benzene rings is 2. The summed E-state index contributed by atoms with van der Waals surface area (Å²) in [5.74, 6) is -0.981. The van der Waals surface area contributed by atoms with Gasteiger partial charge in [-0.1, -0.05) is 48.3 Å². The minimum absolute atomic E-state index is 0.0848. The summed E-state index contributed by atoms with van der Waals surface area (Å²) in [7, 11) is 1.46. The normalized spacial score (nSPS) is 13.3. The van der Waals surface area contributed by atoms with Gasteiger partial charge in [0.2, 0.25) is 0 Å². The lowest BCUT2D eigenvalue weighted by Crippen LogP contribution is -2.25. The maximum absolute atomic E-state index is 12.1. The van der Waals surface area contributed by atoms with Gasteiger partial charge in [0.15, 0.2) is 11.5 Å². The zero-order chi connectivity index (χ0) is 22.1. The van der Waals surface area contributed by atoms with Gasteiger partial charge in [0, 0.05) is 16.8 Å². The van der Waals surface area contributed by atoms with Crippen LogP contribution in [0.5, 0.6) is 11.5 Å². The van der Waals surface area contributed by atoms with Gasteiger partial charge in [-0.05, 0) is 53.5 Å². The standard InChI is InChI=1S/C23H24BrNO5/c1-4-15(2)22(23(27)28)25-14-17-7-11-19(20(13-17)29-3)30-21(26)12-8-16-5-9-18(24)10-6-16/h5-15,22H,4H2,1-3H3,(H,27,28)/b12-8+,25-14?. The maximum atomic E-state index is 12.1. The SMILES string of the molecule is CCC(C)C(N=Cc1ccc(OC(=O)/C=C/c2ccc(Br)cc2)c(OC)c1)C(=O)O. The number of ether oxygens (including phenoxy) is 2. The second-order valence-corrected chi connectivity index (χ2v) is 7.58. The van der Waals surface area contributed by atoms with E-state index >= 15 is 0 Å². The fourth-order valence-corrected chi connectivity index (χ4v) is 2.84. The molecule has 0 aromatic heterocycles. The Bertz CT molecular complexity index is 937. The molecule has 2 rings (SSSR count). The van der Waals surface area contributed by atoms with Crippen LogP contribution in [0.3, 0.4) is 0 Å². The first-order valence-corrected chi connectivity index (χ1v) is 10.2. The summed E-state index contributed by atoms with van der Waals surface area (Å²) in [5, 5.41) is 9.34. The summed E-state index contributed by atoms with van der Waals surface area (Å²) in [6, 6.07) is 11.6. The number of aliphatic carboxylic acids is 1. The molecule has 1 N–H and O–H groups in total. The molecule has 0 saturated heterocycles. The minimum atomic E-state index is -0.962. The number of nitrogens with zero attached hydrogens (tertiary/aromatic N) is 1. The highest BCUT2D eigenvalue weighted by molar-refractivity contribution is 9.10. The minimum Gasteiger partial charge on any atom is -0.493 e. The predicted molar refractivity (Wildman–Crippen MR) is 120 cm³/mol. The molecular weight excluding hydrogens is 450 g/mol. The smallest absolute Gasteiger partial charge is 0.336 e. The number of carboxylic acids is 1. The second-order valence-electron chi connectivity index (χ2n) is 6.66. The Kier molecular flexibility index (Phi) is 8.80. The first kappa shape index (κ1) is 23.3. The third-order valence-electron chi connectivity index (χ3n) is 4.50. The zero-order valence-corrected chi connectivity index (χ0v) is 18.6. The number of carboxylic acid groups (broad SMARTS) is 1. The fourth-order valence-electron chi connectivity index (χ4n) is 2.57. The fraction of sp³-hybridized carbons (Fsp3) is 0.261. The molecule has 158 valence electrons. The molecule has 2 aromatic rings. The van der Waals surface area contributed by atoms with Crippen molar-refractivity contribution < 1.29 is 24.2 Å². The molecule has 0 spiro atoms. The van der Waals surface area contributed by atoms with E-state index < -0.39 is 18.0 Å². The first-order chi connectivity index (χ1) is 14.3. The van der Waals surface area contributed by atoms with Gasteiger partial charge in [0.05, 0.1) is 7.11 Å².